The third kappa shape index (κ3) is 4.40. The van der Waals surface area contributed by atoms with Crippen LogP contribution in [0.4, 0.5) is 0 Å². The first-order chi connectivity index (χ1) is 17.7. The average molecular weight is 479 g/mol. The summed E-state index contributed by atoms with van der Waals surface area (Å²) in [6, 6.07) is 20.6. The van der Waals surface area contributed by atoms with Crippen LogP contribution in [0.2, 0.25) is 0 Å². The van der Waals surface area contributed by atoms with Gasteiger partial charge >= 0.3 is 0 Å². The van der Waals surface area contributed by atoms with Crippen molar-refractivity contribution in [1.82, 2.24) is 19.4 Å². The molecule has 5 aromatic rings. The lowest BCUT2D eigenvalue weighted by Crippen LogP contribution is -2.33. The third-order valence-electron chi connectivity index (χ3n) is 7.17. The van der Waals surface area contributed by atoms with Crippen molar-refractivity contribution in [3.63, 3.8) is 0 Å². The summed E-state index contributed by atoms with van der Waals surface area (Å²) in [6.45, 7) is 4.10. The van der Waals surface area contributed by atoms with Gasteiger partial charge in [-0.15, -0.1) is 0 Å². The van der Waals surface area contributed by atoms with Crippen molar-refractivity contribution in [2.24, 2.45) is 7.05 Å². The molecule has 6 rings (SSSR count). The molecule has 6 nitrogen and oxygen atoms in total. The zero-order chi connectivity index (χ0) is 24.5. The Labute approximate surface area is 210 Å². The van der Waals surface area contributed by atoms with Gasteiger partial charge in [0.25, 0.3) is 5.56 Å². The number of ether oxygens (including phenoxy) is 1. The van der Waals surface area contributed by atoms with Crippen molar-refractivity contribution in [3.8, 4) is 28.1 Å². The second-order valence-corrected chi connectivity index (χ2v) is 9.60. The Morgan fingerprint density at radius 2 is 1.75 bits per heavy atom. The van der Waals surface area contributed by atoms with E-state index in [9.17, 15) is 4.79 Å². The quantitative estimate of drug-likeness (QED) is 0.344. The Morgan fingerprint density at radius 3 is 2.58 bits per heavy atom. The molecule has 2 aromatic carbocycles. The van der Waals surface area contributed by atoms with Gasteiger partial charge in [0.2, 0.25) is 0 Å². The highest BCUT2D eigenvalue weighted by Gasteiger charge is 2.12. The summed E-state index contributed by atoms with van der Waals surface area (Å²) in [5.41, 5.74) is 5.63. The fourth-order valence-corrected chi connectivity index (χ4v) is 5.15. The highest BCUT2D eigenvalue weighted by molar-refractivity contribution is 5.97. The van der Waals surface area contributed by atoms with E-state index in [2.05, 4.69) is 52.3 Å². The molecule has 0 bridgehead atoms. The Hall–Kier alpha value is -3.90. The molecule has 0 unspecified atom stereocenters. The fourth-order valence-electron chi connectivity index (χ4n) is 5.15. The van der Waals surface area contributed by atoms with E-state index in [0.717, 1.165) is 57.6 Å². The maximum Gasteiger partial charge on any atom is 0.274 e. The number of fused-ring (bicyclic) bond motifs is 2. The number of benzene rings is 2. The van der Waals surface area contributed by atoms with Crippen LogP contribution in [0.3, 0.4) is 0 Å². The highest BCUT2D eigenvalue weighted by atomic mass is 16.5. The second kappa shape index (κ2) is 9.63. The molecular formula is C30H30N4O2. The Kier molecular flexibility index (Phi) is 6.03. The van der Waals surface area contributed by atoms with Crippen LogP contribution in [0.1, 0.15) is 19.3 Å². The van der Waals surface area contributed by atoms with Crippen LogP contribution in [0.15, 0.2) is 77.9 Å². The number of hydrogen-bond donors (Lipinski definition) is 1. The predicted octanol–water partition coefficient (Wildman–Crippen LogP) is 5.61. The Balaban J connectivity index is 1.20. The standard InChI is InChI=1S/C30H30N4O2/c1-33-20-26(25-13-14-31-29(25)30(33)35)22-7-11-28-23(19-22)8-12-27(32-28)21-5-9-24(10-6-21)36-18-17-34-15-3-2-4-16-34/h5-14,19-20,31H,2-4,15-18H2,1H3. The van der Waals surface area contributed by atoms with E-state index in [-0.39, 0.29) is 5.56 Å². The maximum atomic E-state index is 12.4. The summed E-state index contributed by atoms with van der Waals surface area (Å²) in [4.78, 5) is 22.9. The molecule has 182 valence electrons. The number of rotatable bonds is 6. The van der Waals surface area contributed by atoms with Gasteiger partial charge in [0.15, 0.2) is 0 Å². The number of aryl methyl sites for hydroxylation is 1. The molecule has 1 N–H and O–H groups in total. The largest absolute Gasteiger partial charge is 0.492 e. The van der Waals surface area contributed by atoms with E-state index in [1.807, 2.05) is 30.6 Å². The topological polar surface area (TPSA) is 63.1 Å². The highest BCUT2D eigenvalue weighted by Crippen LogP contribution is 2.30. The van der Waals surface area contributed by atoms with Gasteiger partial charge in [0, 0.05) is 47.9 Å². The molecule has 0 spiro atoms. The summed E-state index contributed by atoms with van der Waals surface area (Å²) >= 11 is 0. The van der Waals surface area contributed by atoms with Crippen molar-refractivity contribution in [2.75, 3.05) is 26.2 Å². The Morgan fingerprint density at radius 1 is 0.944 bits per heavy atom. The van der Waals surface area contributed by atoms with Crippen LogP contribution >= 0.6 is 0 Å². The third-order valence-corrected chi connectivity index (χ3v) is 7.17. The molecule has 4 heterocycles. The van der Waals surface area contributed by atoms with Gasteiger partial charge < -0.3 is 14.3 Å². The monoisotopic (exact) mass is 478 g/mol. The van der Waals surface area contributed by atoms with Gasteiger partial charge in [0.1, 0.15) is 17.9 Å². The molecule has 1 aliphatic heterocycles. The molecule has 0 saturated carbocycles. The normalized spacial score (nSPS) is 14.5. The van der Waals surface area contributed by atoms with Crippen LogP contribution in [-0.4, -0.2) is 45.7 Å². The minimum absolute atomic E-state index is 0.0238. The molecule has 0 amide bonds. The van der Waals surface area contributed by atoms with Crippen LogP contribution in [0.5, 0.6) is 5.75 Å². The van der Waals surface area contributed by atoms with Gasteiger partial charge in [-0.3, -0.25) is 9.69 Å². The molecular weight excluding hydrogens is 448 g/mol. The van der Waals surface area contributed by atoms with Crippen LogP contribution in [-0.2, 0) is 7.05 Å². The van der Waals surface area contributed by atoms with Crippen molar-refractivity contribution in [3.05, 3.63) is 83.4 Å². The van der Waals surface area contributed by atoms with E-state index in [4.69, 9.17) is 9.72 Å². The van der Waals surface area contributed by atoms with Crippen LogP contribution in [0.25, 0.3) is 44.2 Å². The van der Waals surface area contributed by atoms with E-state index in [1.165, 1.54) is 32.4 Å². The molecule has 3 aromatic heterocycles. The Bertz CT molecular complexity index is 1580. The second-order valence-electron chi connectivity index (χ2n) is 9.60. The first-order valence-electron chi connectivity index (χ1n) is 12.7. The van der Waals surface area contributed by atoms with Crippen molar-refractivity contribution < 1.29 is 4.74 Å². The number of aromatic nitrogens is 3. The number of aromatic amines is 1. The smallest absolute Gasteiger partial charge is 0.274 e. The van der Waals surface area contributed by atoms with Crippen molar-refractivity contribution in [1.29, 1.82) is 0 Å². The minimum atomic E-state index is -0.0238. The molecule has 36 heavy (non-hydrogen) atoms. The van der Waals surface area contributed by atoms with E-state index >= 15 is 0 Å². The molecule has 0 atom stereocenters. The SMILES string of the molecule is Cn1cc(-c2ccc3nc(-c4ccc(OCCN5CCCCC5)cc4)ccc3c2)c2cc[nH]c2c1=O. The summed E-state index contributed by atoms with van der Waals surface area (Å²) in [5, 5.41) is 1.99. The molecule has 6 heteroatoms. The average Bonchev–Trinajstić information content (AvgIpc) is 3.42. The van der Waals surface area contributed by atoms with Gasteiger partial charge in [-0.25, -0.2) is 4.98 Å². The van der Waals surface area contributed by atoms with E-state index in [1.54, 1.807) is 11.6 Å². The maximum absolute atomic E-state index is 12.4. The number of pyridine rings is 2. The lowest BCUT2D eigenvalue weighted by Gasteiger charge is -2.26. The van der Waals surface area contributed by atoms with Gasteiger partial charge in [0.05, 0.1) is 11.2 Å². The molecule has 1 saturated heterocycles. The molecule has 0 aliphatic carbocycles. The summed E-state index contributed by atoms with van der Waals surface area (Å²) in [6.07, 6.45) is 7.68. The summed E-state index contributed by atoms with van der Waals surface area (Å²) in [7, 11) is 1.78. The number of piperidine rings is 1. The zero-order valence-electron chi connectivity index (χ0n) is 20.5. The fraction of sp³-hybridized carbons (Fsp3) is 0.267. The summed E-state index contributed by atoms with van der Waals surface area (Å²) in [5.74, 6) is 0.898. The first kappa shape index (κ1) is 22.6. The van der Waals surface area contributed by atoms with Crippen molar-refractivity contribution in [2.45, 2.75) is 19.3 Å². The molecule has 1 aliphatic rings. The lowest BCUT2D eigenvalue weighted by molar-refractivity contribution is 0.183. The van der Waals surface area contributed by atoms with Gasteiger partial charge in [-0.2, -0.15) is 0 Å². The van der Waals surface area contributed by atoms with E-state index < -0.39 is 0 Å². The van der Waals surface area contributed by atoms with Gasteiger partial charge in [-0.05, 0) is 80.0 Å². The number of nitrogens with zero attached hydrogens (tertiary/aromatic N) is 3. The summed E-state index contributed by atoms with van der Waals surface area (Å²) < 4.78 is 7.61. The van der Waals surface area contributed by atoms with E-state index in [0.29, 0.717) is 5.52 Å². The number of likely N-dealkylation sites (tertiary alicyclic amines) is 1. The zero-order valence-corrected chi connectivity index (χ0v) is 20.5. The first-order valence-corrected chi connectivity index (χ1v) is 12.7. The van der Waals surface area contributed by atoms with Crippen molar-refractivity contribution >= 4 is 21.8 Å². The van der Waals surface area contributed by atoms with Crippen LogP contribution in [0, 0.1) is 0 Å². The molecule has 0 radical (unpaired) electrons. The van der Waals surface area contributed by atoms with Crippen LogP contribution < -0.4 is 10.3 Å². The van der Waals surface area contributed by atoms with Gasteiger partial charge in [-0.1, -0.05) is 18.6 Å². The number of H-pyrrole nitrogens is 1. The molecule has 1 fully saturated rings. The minimum Gasteiger partial charge on any atom is -0.492 e. The number of nitrogens with one attached hydrogen (secondary N) is 1. The predicted molar refractivity (Wildman–Crippen MR) is 145 cm³/mol. The number of hydrogen-bond acceptors (Lipinski definition) is 4. The lowest BCUT2D eigenvalue weighted by atomic mass is 10.0.